The standard InChI is InChI=1S/C13H17BrN2/c1-9(15)7-8-12-13(14)10-5-3-4-6-11(10)16(12)2/h3-6,9H,7-8,15H2,1-2H3/t9-/m1/s1. The molecule has 2 nitrogen and oxygen atoms in total. The Morgan fingerprint density at radius 2 is 2.06 bits per heavy atom. The van der Waals surface area contributed by atoms with E-state index in [0.29, 0.717) is 0 Å². The summed E-state index contributed by atoms with van der Waals surface area (Å²) in [4.78, 5) is 0. The van der Waals surface area contributed by atoms with Crippen molar-refractivity contribution in [1.82, 2.24) is 4.57 Å². The highest BCUT2D eigenvalue weighted by Crippen LogP contribution is 2.30. The van der Waals surface area contributed by atoms with Gasteiger partial charge in [0.15, 0.2) is 0 Å². The molecule has 0 bridgehead atoms. The monoisotopic (exact) mass is 280 g/mol. The molecule has 0 aliphatic rings. The second-order valence-electron chi connectivity index (χ2n) is 4.35. The first-order valence-electron chi connectivity index (χ1n) is 5.58. The third kappa shape index (κ3) is 2.02. The lowest BCUT2D eigenvalue weighted by molar-refractivity contribution is 0.645. The molecule has 1 aromatic heterocycles. The Morgan fingerprint density at radius 3 is 2.69 bits per heavy atom. The second kappa shape index (κ2) is 4.60. The maximum absolute atomic E-state index is 5.81. The highest BCUT2D eigenvalue weighted by molar-refractivity contribution is 9.10. The second-order valence-corrected chi connectivity index (χ2v) is 5.15. The predicted octanol–water partition coefficient (Wildman–Crippen LogP) is 3.22. The van der Waals surface area contributed by atoms with E-state index in [2.05, 4.69) is 58.7 Å². The summed E-state index contributed by atoms with van der Waals surface area (Å²) in [5.74, 6) is 0. The summed E-state index contributed by atoms with van der Waals surface area (Å²) in [7, 11) is 2.11. The fraction of sp³-hybridized carbons (Fsp3) is 0.385. The van der Waals surface area contributed by atoms with Crippen LogP contribution in [0.1, 0.15) is 19.0 Å². The molecule has 0 radical (unpaired) electrons. The van der Waals surface area contributed by atoms with Crippen LogP contribution in [-0.4, -0.2) is 10.6 Å². The number of para-hydroxylation sites is 1. The van der Waals surface area contributed by atoms with Gasteiger partial charge in [-0.25, -0.2) is 0 Å². The van der Waals surface area contributed by atoms with Crippen LogP contribution >= 0.6 is 15.9 Å². The molecule has 0 aliphatic carbocycles. The number of nitrogens with two attached hydrogens (primary N) is 1. The largest absolute Gasteiger partial charge is 0.347 e. The Balaban J connectivity index is 2.45. The summed E-state index contributed by atoms with van der Waals surface area (Å²) in [5, 5.41) is 1.28. The van der Waals surface area contributed by atoms with Gasteiger partial charge in [0.1, 0.15) is 0 Å². The minimum atomic E-state index is 0.255. The summed E-state index contributed by atoms with van der Waals surface area (Å²) in [5.41, 5.74) is 8.41. The molecule has 2 N–H and O–H groups in total. The number of halogens is 1. The molecule has 0 saturated carbocycles. The van der Waals surface area contributed by atoms with E-state index < -0.39 is 0 Å². The molecule has 1 heterocycles. The van der Waals surface area contributed by atoms with Gasteiger partial charge in [-0.05, 0) is 41.8 Å². The van der Waals surface area contributed by atoms with Crippen molar-refractivity contribution in [2.75, 3.05) is 0 Å². The highest BCUT2D eigenvalue weighted by atomic mass is 79.9. The third-order valence-corrected chi connectivity index (χ3v) is 3.88. The number of nitrogens with zero attached hydrogens (tertiary/aromatic N) is 1. The lowest BCUT2D eigenvalue weighted by Crippen LogP contribution is -2.16. The predicted molar refractivity (Wildman–Crippen MR) is 72.6 cm³/mol. The molecule has 0 unspecified atom stereocenters. The summed E-state index contributed by atoms with van der Waals surface area (Å²) in [6.07, 6.45) is 2.03. The van der Waals surface area contributed by atoms with Crippen molar-refractivity contribution < 1.29 is 0 Å². The number of hydrogen-bond donors (Lipinski definition) is 1. The Hall–Kier alpha value is -0.800. The fourth-order valence-electron chi connectivity index (χ4n) is 2.04. The number of fused-ring (bicyclic) bond motifs is 1. The van der Waals surface area contributed by atoms with Crippen LogP contribution in [0.25, 0.3) is 10.9 Å². The van der Waals surface area contributed by atoms with Gasteiger partial charge in [-0.1, -0.05) is 18.2 Å². The van der Waals surface area contributed by atoms with Gasteiger partial charge in [0.25, 0.3) is 0 Å². The van der Waals surface area contributed by atoms with Gasteiger partial charge < -0.3 is 10.3 Å². The number of rotatable bonds is 3. The van der Waals surface area contributed by atoms with Crippen LogP contribution < -0.4 is 5.73 Å². The van der Waals surface area contributed by atoms with E-state index in [1.165, 1.54) is 21.1 Å². The van der Waals surface area contributed by atoms with E-state index in [-0.39, 0.29) is 6.04 Å². The lowest BCUT2D eigenvalue weighted by Gasteiger charge is -2.07. The average molecular weight is 281 g/mol. The molecular formula is C13H17BrN2. The van der Waals surface area contributed by atoms with Crippen molar-refractivity contribution in [3.63, 3.8) is 0 Å². The molecule has 0 amide bonds. The lowest BCUT2D eigenvalue weighted by atomic mass is 10.1. The van der Waals surface area contributed by atoms with Gasteiger partial charge in [0.2, 0.25) is 0 Å². The summed E-state index contributed by atoms with van der Waals surface area (Å²) >= 11 is 3.69. The van der Waals surface area contributed by atoms with Crippen LogP contribution in [0.4, 0.5) is 0 Å². The zero-order chi connectivity index (χ0) is 11.7. The van der Waals surface area contributed by atoms with Gasteiger partial charge >= 0.3 is 0 Å². The molecule has 1 atom stereocenters. The molecule has 0 saturated heterocycles. The molecule has 16 heavy (non-hydrogen) atoms. The Kier molecular flexibility index (Phi) is 3.36. The van der Waals surface area contributed by atoms with E-state index >= 15 is 0 Å². The first-order chi connectivity index (χ1) is 7.61. The molecule has 86 valence electrons. The van der Waals surface area contributed by atoms with Crippen molar-refractivity contribution >= 4 is 26.8 Å². The summed E-state index contributed by atoms with van der Waals surface area (Å²) < 4.78 is 3.47. The highest BCUT2D eigenvalue weighted by Gasteiger charge is 2.12. The number of hydrogen-bond acceptors (Lipinski definition) is 1. The first kappa shape index (κ1) is 11.7. The van der Waals surface area contributed by atoms with Crippen LogP contribution in [0.15, 0.2) is 28.7 Å². The zero-order valence-electron chi connectivity index (χ0n) is 9.70. The molecule has 0 aliphatic heterocycles. The van der Waals surface area contributed by atoms with E-state index in [4.69, 9.17) is 5.73 Å². The SMILES string of the molecule is C[C@@H](N)CCc1c(Br)c2ccccc2n1C. The van der Waals surface area contributed by atoms with Crippen LogP contribution in [0.5, 0.6) is 0 Å². The summed E-state index contributed by atoms with van der Waals surface area (Å²) in [6.45, 7) is 2.05. The van der Waals surface area contributed by atoms with Crippen molar-refractivity contribution in [1.29, 1.82) is 0 Å². The minimum absolute atomic E-state index is 0.255. The summed E-state index contributed by atoms with van der Waals surface area (Å²) in [6, 6.07) is 8.70. The van der Waals surface area contributed by atoms with Gasteiger partial charge in [0.05, 0.1) is 0 Å². The minimum Gasteiger partial charge on any atom is -0.347 e. The molecule has 0 fully saturated rings. The first-order valence-corrected chi connectivity index (χ1v) is 6.38. The van der Waals surface area contributed by atoms with Gasteiger partial charge in [0, 0.05) is 34.2 Å². The van der Waals surface area contributed by atoms with Crippen LogP contribution in [-0.2, 0) is 13.5 Å². The van der Waals surface area contributed by atoms with E-state index in [0.717, 1.165) is 12.8 Å². The molecule has 0 spiro atoms. The van der Waals surface area contributed by atoms with Crippen molar-refractivity contribution in [2.45, 2.75) is 25.8 Å². The molecule has 3 heteroatoms. The van der Waals surface area contributed by atoms with Crippen LogP contribution in [0.3, 0.4) is 0 Å². The van der Waals surface area contributed by atoms with Crippen molar-refractivity contribution in [3.8, 4) is 0 Å². The third-order valence-electron chi connectivity index (χ3n) is 3.00. The maximum atomic E-state index is 5.81. The molecule has 1 aromatic carbocycles. The van der Waals surface area contributed by atoms with Crippen LogP contribution in [0, 0.1) is 0 Å². The Morgan fingerprint density at radius 1 is 1.38 bits per heavy atom. The van der Waals surface area contributed by atoms with E-state index in [1.54, 1.807) is 0 Å². The van der Waals surface area contributed by atoms with Gasteiger partial charge in [-0.15, -0.1) is 0 Å². The number of aryl methyl sites for hydroxylation is 1. The average Bonchev–Trinajstić information content (AvgIpc) is 2.50. The number of benzene rings is 1. The molecule has 2 rings (SSSR count). The van der Waals surface area contributed by atoms with E-state index in [1.807, 2.05) is 0 Å². The topological polar surface area (TPSA) is 30.9 Å². The van der Waals surface area contributed by atoms with Gasteiger partial charge in [-0.2, -0.15) is 0 Å². The number of aromatic nitrogens is 1. The molecule has 2 aromatic rings. The molecular weight excluding hydrogens is 264 g/mol. The fourth-order valence-corrected chi connectivity index (χ4v) is 2.84. The van der Waals surface area contributed by atoms with Crippen molar-refractivity contribution in [3.05, 3.63) is 34.4 Å². The zero-order valence-corrected chi connectivity index (χ0v) is 11.3. The van der Waals surface area contributed by atoms with E-state index in [9.17, 15) is 0 Å². The van der Waals surface area contributed by atoms with Crippen LogP contribution in [0.2, 0.25) is 0 Å². The Bertz CT molecular complexity index is 461. The maximum Gasteiger partial charge on any atom is 0.0491 e. The smallest absolute Gasteiger partial charge is 0.0491 e. The van der Waals surface area contributed by atoms with Gasteiger partial charge in [-0.3, -0.25) is 0 Å². The quantitative estimate of drug-likeness (QED) is 0.920. The normalized spacial score (nSPS) is 13.2. The Labute approximate surface area is 105 Å². The van der Waals surface area contributed by atoms with Crippen molar-refractivity contribution in [2.24, 2.45) is 12.8 Å².